The maximum Gasteiger partial charge on any atom is 0.269 e. The van der Waals surface area contributed by atoms with Crippen molar-refractivity contribution in [3.05, 3.63) is 23.5 Å². The molecule has 94 valence electrons. The molecular weight excluding hydrogens is 240 g/mol. The zero-order chi connectivity index (χ0) is 11.5. The van der Waals surface area contributed by atoms with Gasteiger partial charge >= 0.3 is 0 Å². The lowest BCUT2D eigenvalue weighted by molar-refractivity contribution is 0.0996. The Morgan fingerprint density at radius 3 is 2.59 bits per heavy atom. The Balaban J connectivity index is 0.00000144. The number of nitrogens with zero attached hydrogens (tertiary/aromatic N) is 1. The summed E-state index contributed by atoms with van der Waals surface area (Å²) in [6.07, 6.45) is 2.07. The van der Waals surface area contributed by atoms with Crippen LogP contribution in [0.15, 0.2) is 12.1 Å². The number of carbonyl (C=O) groups excluding carboxylic acids is 1. The summed E-state index contributed by atoms with van der Waals surface area (Å²) < 4.78 is 0. The second kappa shape index (κ2) is 5.84. The smallest absolute Gasteiger partial charge is 0.269 e. The van der Waals surface area contributed by atoms with Crippen molar-refractivity contribution in [2.24, 2.45) is 5.73 Å². The highest BCUT2D eigenvalue weighted by Gasteiger charge is 2.18. The molecule has 1 aliphatic rings. The van der Waals surface area contributed by atoms with Crippen LogP contribution in [0.25, 0.3) is 0 Å². The largest absolute Gasteiger partial charge is 0.397 e. The van der Waals surface area contributed by atoms with E-state index in [1.54, 1.807) is 6.07 Å². The fourth-order valence-corrected chi connectivity index (χ4v) is 2.03. The summed E-state index contributed by atoms with van der Waals surface area (Å²) in [4.78, 5) is 15.4. The van der Waals surface area contributed by atoms with E-state index in [-0.39, 0.29) is 18.1 Å². The van der Waals surface area contributed by atoms with Gasteiger partial charge < -0.3 is 16.8 Å². The lowest BCUT2D eigenvalue weighted by atomic mass is 9.94. The predicted molar refractivity (Wildman–Crippen MR) is 69.3 cm³/mol. The van der Waals surface area contributed by atoms with Crippen molar-refractivity contribution in [2.75, 3.05) is 18.8 Å². The number of nitrogens with one attached hydrogen (secondary N) is 1. The van der Waals surface area contributed by atoms with Crippen molar-refractivity contribution >= 4 is 24.0 Å². The molecule has 1 aliphatic heterocycles. The van der Waals surface area contributed by atoms with E-state index < -0.39 is 5.91 Å². The minimum Gasteiger partial charge on any atom is -0.397 e. The van der Waals surface area contributed by atoms with Gasteiger partial charge in [0.25, 0.3) is 5.91 Å². The number of halogens is 1. The van der Waals surface area contributed by atoms with Gasteiger partial charge in [0.15, 0.2) is 5.69 Å². The quantitative estimate of drug-likeness (QED) is 0.724. The molecule has 6 heteroatoms. The molecule has 0 bridgehead atoms. The van der Waals surface area contributed by atoms with Crippen LogP contribution in [0, 0.1) is 0 Å². The number of anilines is 1. The number of carbonyl (C=O) groups is 1. The Kier molecular flexibility index (Phi) is 4.72. The van der Waals surface area contributed by atoms with Crippen molar-refractivity contribution in [3.63, 3.8) is 0 Å². The summed E-state index contributed by atoms with van der Waals surface area (Å²) in [6.45, 7) is 1.98. The first-order valence-electron chi connectivity index (χ1n) is 5.45. The molecule has 5 nitrogen and oxygen atoms in total. The monoisotopic (exact) mass is 256 g/mol. The molecule has 0 atom stereocenters. The maximum atomic E-state index is 11.1. The first kappa shape index (κ1) is 13.7. The van der Waals surface area contributed by atoms with Gasteiger partial charge in [0.1, 0.15) is 0 Å². The highest BCUT2D eigenvalue weighted by Crippen LogP contribution is 2.24. The molecule has 2 heterocycles. The minimum atomic E-state index is -0.562. The van der Waals surface area contributed by atoms with E-state index in [1.165, 1.54) is 0 Å². The van der Waals surface area contributed by atoms with Crippen LogP contribution in [0.1, 0.15) is 34.9 Å². The Morgan fingerprint density at radius 2 is 2.00 bits per heavy atom. The molecule has 0 aliphatic carbocycles. The van der Waals surface area contributed by atoms with Gasteiger partial charge in [-0.15, -0.1) is 12.4 Å². The third-order valence-electron chi connectivity index (χ3n) is 2.94. The van der Waals surface area contributed by atoms with Crippen molar-refractivity contribution < 1.29 is 4.79 Å². The molecule has 1 aromatic heterocycles. The predicted octanol–water partition coefficient (Wildman–Crippen LogP) is 0.651. The van der Waals surface area contributed by atoms with E-state index in [0.29, 0.717) is 11.6 Å². The van der Waals surface area contributed by atoms with Gasteiger partial charge in [-0.1, -0.05) is 0 Å². The van der Waals surface area contributed by atoms with Gasteiger partial charge in [0, 0.05) is 11.6 Å². The third-order valence-corrected chi connectivity index (χ3v) is 2.94. The fraction of sp³-hybridized carbons (Fsp3) is 0.455. The Bertz CT molecular complexity index is 404. The zero-order valence-corrected chi connectivity index (χ0v) is 10.3. The van der Waals surface area contributed by atoms with E-state index in [0.717, 1.165) is 31.6 Å². The summed E-state index contributed by atoms with van der Waals surface area (Å²) in [7, 11) is 0. The number of hydrogen-bond donors (Lipinski definition) is 3. The van der Waals surface area contributed by atoms with Crippen molar-refractivity contribution in [3.8, 4) is 0 Å². The molecule has 2 rings (SSSR count). The number of pyridine rings is 1. The Morgan fingerprint density at radius 1 is 1.35 bits per heavy atom. The molecule has 0 saturated carbocycles. The number of nitrogens with two attached hydrogens (primary N) is 2. The van der Waals surface area contributed by atoms with Gasteiger partial charge in [-0.3, -0.25) is 4.79 Å². The molecule has 17 heavy (non-hydrogen) atoms. The number of nitrogen functional groups attached to an aromatic ring is 1. The summed E-state index contributed by atoms with van der Waals surface area (Å²) in [5.41, 5.74) is 12.3. The van der Waals surface area contributed by atoms with Crippen LogP contribution in [-0.2, 0) is 0 Å². The molecule has 0 unspecified atom stereocenters. The van der Waals surface area contributed by atoms with E-state index in [1.807, 2.05) is 6.07 Å². The number of amides is 1. The van der Waals surface area contributed by atoms with Gasteiger partial charge in [-0.05, 0) is 38.1 Å². The number of piperidine rings is 1. The van der Waals surface area contributed by atoms with E-state index in [9.17, 15) is 4.79 Å². The molecule has 5 N–H and O–H groups in total. The van der Waals surface area contributed by atoms with E-state index in [2.05, 4.69) is 10.3 Å². The molecule has 0 spiro atoms. The zero-order valence-electron chi connectivity index (χ0n) is 9.48. The third kappa shape index (κ3) is 3.08. The van der Waals surface area contributed by atoms with E-state index in [4.69, 9.17) is 11.5 Å². The fourth-order valence-electron chi connectivity index (χ4n) is 2.03. The highest BCUT2D eigenvalue weighted by molar-refractivity contribution is 5.95. The van der Waals surface area contributed by atoms with Crippen LogP contribution in [0.3, 0.4) is 0 Å². The summed E-state index contributed by atoms with van der Waals surface area (Å²) in [5, 5.41) is 3.29. The summed E-state index contributed by atoms with van der Waals surface area (Å²) >= 11 is 0. The molecule has 1 saturated heterocycles. The molecule has 0 radical (unpaired) electrons. The number of primary amides is 1. The molecule has 1 fully saturated rings. The normalized spacial score (nSPS) is 16.2. The summed E-state index contributed by atoms with van der Waals surface area (Å²) in [6, 6.07) is 3.60. The summed E-state index contributed by atoms with van der Waals surface area (Å²) in [5.74, 6) is -0.159. The van der Waals surface area contributed by atoms with Gasteiger partial charge in [0.2, 0.25) is 0 Å². The van der Waals surface area contributed by atoms with Crippen LogP contribution >= 0.6 is 12.4 Å². The van der Waals surface area contributed by atoms with Crippen LogP contribution in [0.2, 0.25) is 0 Å². The van der Waals surface area contributed by atoms with Crippen LogP contribution in [-0.4, -0.2) is 24.0 Å². The minimum absolute atomic E-state index is 0. The topological polar surface area (TPSA) is 94.0 Å². The van der Waals surface area contributed by atoms with Crippen molar-refractivity contribution in [1.82, 2.24) is 10.3 Å². The van der Waals surface area contributed by atoms with Crippen LogP contribution in [0.4, 0.5) is 5.69 Å². The Hall–Kier alpha value is -1.33. The first-order valence-corrected chi connectivity index (χ1v) is 5.45. The lowest BCUT2D eigenvalue weighted by Gasteiger charge is -2.22. The lowest BCUT2D eigenvalue weighted by Crippen LogP contribution is -2.27. The standard InChI is InChI=1S/C11H16N4O.ClH/c12-8-1-2-9(15-10(8)11(13)16)7-3-5-14-6-4-7;/h1-2,7,14H,3-6,12H2,(H2,13,16);1H. The highest BCUT2D eigenvalue weighted by atomic mass is 35.5. The van der Waals surface area contributed by atoms with Crippen molar-refractivity contribution in [2.45, 2.75) is 18.8 Å². The average Bonchev–Trinajstić information content (AvgIpc) is 2.30. The van der Waals surface area contributed by atoms with Crippen LogP contribution in [0.5, 0.6) is 0 Å². The SMILES string of the molecule is Cl.NC(=O)c1nc(C2CCNCC2)ccc1N. The van der Waals surface area contributed by atoms with E-state index >= 15 is 0 Å². The maximum absolute atomic E-state index is 11.1. The number of rotatable bonds is 2. The second-order valence-electron chi connectivity index (χ2n) is 4.06. The van der Waals surface area contributed by atoms with Gasteiger partial charge in [0.05, 0.1) is 5.69 Å². The average molecular weight is 257 g/mol. The molecule has 0 aromatic carbocycles. The molecule has 1 amide bonds. The molecular formula is C11H17ClN4O. The van der Waals surface area contributed by atoms with Crippen molar-refractivity contribution in [1.29, 1.82) is 0 Å². The second-order valence-corrected chi connectivity index (χ2v) is 4.06. The van der Waals surface area contributed by atoms with Gasteiger partial charge in [-0.2, -0.15) is 0 Å². The Labute approximate surface area is 106 Å². The van der Waals surface area contributed by atoms with Gasteiger partial charge in [-0.25, -0.2) is 4.98 Å². The van der Waals surface area contributed by atoms with Crippen LogP contribution < -0.4 is 16.8 Å². The number of hydrogen-bond acceptors (Lipinski definition) is 4. The molecule has 1 aromatic rings. The first-order chi connectivity index (χ1) is 7.68. The number of aromatic nitrogens is 1.